The Kier molecular flexibility index (Phi) is 7.84. The van der Waals surface area contributed by atoms with Crippen LogP contribution in [0, 0.1) is 12.8 Å². The summed E-state index contributed by atoms with van der Waals surface area (Å²) in [6.07, 6.45) is -0.0559. The molecule has 1 fully saturated rings. The minimum Gasteiger partial charge on any atom is -0.383 e. The number of fused-ring (bicyclic) bond motifs is 1. The van der Waals surface area contributed by atoms with Crippen molar-refractivity contribution >= 4 is 34.8 Å². The number of nitrogens with zero attached hydrogens (tertiary/aromatic N) is 3. The summed E-state index contributed by atoms with van der Waals surface area (Å²) in [4.78, 5) is 37.5. The van der Waals surface area contributed by atoms with Gasteiger partial charge in [-0.15, -0.1) is 11.3 Å². The van der Waals surface area contributed by atoms with Crippen LogP contribution in [0.15, 0.2) is 54.9 Å². The normalized spacial score (nSPS) is 19.8. The first kappa shape index (κ1) is 29.7. The standard InChI is InChI=1S/C31H29F3N6O3S/c1-17-10-20(13-22(11-17)39-29-35-9-6-25(40-29)31(32,33)34)24-16-38-28(44-24)30(43)7-4-19(5-8-30)26(41)36-14-18-2-3-23-21(12-18)15-37-27(23)42/h2-3,6,9-13,16,19,43H,4-5,7-8,14-15H2,1H3,(H,36,41)(H,37,42)(H,35,39,40)/t19-,30-. The monoisotopic (exact) mass is 622 g/mol. The van der Waals surface area contributed by atoms with E-state index < -0.39 is 17.5 Å². The van der Waals surface area contributed by atoms with E-state index in [9.17, 15) is 27.9 Å². The molecular formula is C31H29F3N6O3S. The van der Waals surface area contributed by atoms with Gasteiger partial charge in [0.15, 0.2) is 0 Å². The molecule has 0 spiro atoms. The van der Waals surface area contributed by atoms with Gasteiger partial charge in [0.2, 0.25) is 11.9 Å². The van der Waals surface area contributed by atoms with E-state index in [4.69, 9.17) is 0 Å². The molecule has 0 unspecified atom stereocenters. The zero-order valence-corrected chi connectivity index (χ0v) is 24.5. The number of halogens is 3. The molecule has 0 saturated heterocycles. The number of aryl methyl sites for hydroxylation is 1. The van der Waals surface area contributed by atoms with Crippen LogP contribution in [0.1, 0.15) is 63.4 Å². The summed E-state index contributed by atoms with van der Waals surface area (Å²) >= 11 is 1.35. The highest BCUT2D eigenvalue weighted by Crippen LogP contribution is 2.43. The second kappa shape index (κ2) is 11.6. The predicted molar refractivity (Wildman–Crippen MR) is 158 cm³/mol. The van der Waals surface area contributed by atoms with Gasteiger partial charge in [-0.3, -0.25) is 9.59 Å². The Bertz CT molecular complexity index is 1730. The lowest BCUT2D eigenvalue weighted by atomic mass is 9.78. The Morgan fingerprint density at radius 1 is 1.14 bits per heavy atom. The molecule has 0 radical (unpaired) electrons. The summed E-state index contributed by atoms with van der Waals surface area (Å²) < 4.78 is 39.2. The van der Waals surface area contributed by atoms with E-state index in [0.29, 0.717) is 55.0 Å². The van der Waals surface area contributed by atoms with Crippen molar-refractivity contribution in [1.29, 1.82) is 0 Å². The molecule has 228 valence electrons. The van der Waals surface area contributed by atoms with Crippen molar-refractivity contribution in [2.24, 2.45) is 5.92 Å². The van der Waals surface area contributed by atoms with Crippen LogP contribution in [0.4, 0.5) is 24.8 Å². The number of thiazole rings is 1. The molecule has 0 bridgehead atoms. The third-order valence-electron chi connectivity index (χ3n) is 7.97. The molecule has 9 nitrogen and oxygen atoms in total. The third-order valence-corrected chi connectivity index (χ3v) is 9.21. The first-order chi connectivity index (χ1) is 21.0. The molecule has 6 rings (SSSR count). The van der Waals surface area contributed by atoms with Gasteiger partial charge in [-0.25, -0.2) is 15.0 Å². The number of aromatic nitrogens is 3. The van der Waals surface area contributed by atoms with Crippen LogP contribution >= 0.6 is 11.3 Å². The van der Waals surface area contributed by atoms with Gasteiger partial charge in [0.05, 0.1) is 4.88 Å². The number of anilines is 2. The molecule has 3 heterocycles. The van der Waals surface area contributed by atoms with Crippen LogP contribution in [0.2, 0.25) is 0 Å². The molecule has 0 atom stereocenters. The lowest BCUT2D eigenvalue weighted by molar-refractivity contribution is -0.141. The van der Waals surface area contributed by atoms with Crippen molar-refractivity contribution in [2.75, 3.05) is 5.32 Å². The Morgan fingerprint density at radius 3 is 2.70 bits per heavy atom. The average molecular weight is 623 g/mol. The number of carbonyl (C=O) groups is 2. The van der Waals surface area contributed by atoms with E-state index in [-0.39, 0.29) is 23.7 Å². The largest absolute Gasteiger partial charge is 0.433 e. The number of hydrogen-bond acceptors (Lipinski definition) is 8. The number of rotatable bonds is 7. The highest BCUT2D eigenvalue weighted by atomic mass is 32.1. The van der Waals surface area contributed by atoms with Crippen LogP contribution in [0.5, 0.6) is 0 Å². The van der Waals surface area contributed by atoms with Crippen molar-refractivity contribution in [3.8, 4) is 10.4 Å². The maximum atomic E-state index is 13.1. The number of benzene rings is 2. The number of hydrogen-bond donors (Lipinski definition) is 4. The van der Waals surface area contributed by atoms with Crippen molar-refractivity contribution in [3.05, 3.63) is 87.8 Å². The highest BCUT2D eigenvalue weighted by molar-refractivity contribution is 7.15. The second-order valence-electron chi connectivity index (χ2n) is 11.2. The quantitative estimate of drug-likeness (QED) is 0.211. The summed E-state index contributed by atoms with van der Waals surface area (Å²) in [6.45, 7) is 2.72. The van der Waals surface area contributed by atoms with E-state index in [1.807, 2.05) is 25.1 Å². The van der Waals surface area contributed by atoms with Crippen LogP contribution in [0.3, 0.4) is 0 Å². The van der Waals surface area contributed by atoms with Gasteiger partial charge in [0, 0.05) is 42.7 Å². The summed E-state index contributed by atoms with van der Waals surface area (Å²) in [7, 11) is 0. The third kappa shape index (κ3) is 6.29. The lowest BCUT2D eigenvalue weighted by Gasteiger charge is -2.33. The molecule has 4 aromatic rings. The molecule has 2 aliphatic rings. The van der Waals surface area contributed by atoms with Gasteiger partial charge in [0.1, 0.15) is 16.3 Å². The molecule has 1 aliphatic heterocycles. The number of amides is 2. The summed E-state index contributed by atoms with van der Waals surface area (Å²) in [5.41, 5.74) is 2.49. The first-order valence-corrected chi connectivity index (χ1v) is 14.9. The fourth-order valence-corrected chi connectivity index (χ4v) is 6.68. The van der Waals surface area contributed by atoms with Gasteiger partial charge in [0.25, 0.3) is 5.91 Å². The van der Waals surface area contributed by atoms with E-state index in [1.54, 1.807) is 24.4 Å². The SMILES string of the molecule is Cc1cc(Nc2nccc(C(F)(F)F)n2)cc(-c2cnc([C@]3(O)CC[C@H](C(=O)NCc4ccc5c(c4)CNC5=O)CC3)s2)c1. The zero-order chi connectivity index (χ0) is 31.1. The molecule has 2 amide bonds. The predicted octanol–water partition coefficient (Wildman–Crippen LogP) is 5.61. The van der Waals surface area contributed by atoms with Crippen molar-refractivity contribution in [1.82, 2.24) is 25.6 Å². The van der Waals surface area contributed by atoms with Crippen LogP contribution in [0.25, 0.3) is 10.4 Å². The van der Waals surface area contributed by atoms with Crippen LogP contribution in [-0.4, -0.2) is 31.9 Å². The fourth-order valence-electron chi connectivity index (χ4n) is 5.63. The first-order valence-electron chi connectivity index (χ1n) is 14.1. The van der Waals surface area contributed by atoms with Gasteiger partial charge >= 0.3 is 6.18 Å². The highest BCUT2D eigenvalue weighted by Gasteiger charge is 2.39. The minimum atomic E-state index is -4.58. The fraction of sp³-hybridized carbons (Fsp3) is 0.323. The molecule has 4 N–H and O–H groups in total. The molecule has 2 aromatic heterocycles. The lowest BCUT2D eigenvalue weighted by Crippen LogP contribution is -2.38. The Morgan fingerprint density at radius 2 is 1.93 bits per heavy atom. The van der Waals surface area contributed by atoms with Crippen molar-refractivity contribution in [3.63, 3.8) is 0 Å². The van der Waals surface area contributed by atoms with Gasteiger partial charge in [-0.1, -0.05) is 18.2 Å². The van der Waals surface area contributed by atoms with Crippen molar-refractivity contribution < 1.29 is 27.9 Å². The molecule has 1 saturated carbocycles. The molecule has 2 aromatic carbocycles. The average Bonchev–Trinajstić information content (AvgIpc) is 3.64. The Balaban J connectivity index is 1.08. The van der Waals surface area contributed by atoms with Gasteiger partial charge in [-0.05, 0) is 79.1 Å². The number of carbonyl (C=O) groups excluding carboxylic acids is 2. The second-order valence-corrected chi connectivity index (χ2v) is 12.2. The molecule has 1 aliphatic carbocycles. The molecule has 13 heteroatoms. The Hall–Kier alpha value is -4.36. The molecule has 44 heavy (non-hydrogen) atoms. The maximum Gasteiger partial charge on any atom is 0.433 e. The van der Waals surface area contributed by atoms with Crippen molar-refractivity contribution in [2.45, 2.75) is 57.5 Å². The Labute approximate surface area is 255 Å². The van der Waals surface area contributed by atoms with Gasteiger partial charge < -0.3 is 21.1 Å². The van der Waals surface area contributed by atoms with Crippen LogP contribution in [-0.2, 0) is 29.7 Å². The summed E-state index contributed by atoms with van der Waals surface area (Å²) in [6, 6.07) is 11.8. The van der Waals surface area contributed by atoms with E-state index >= 15 is 0 Å². The smallest absolute Gasteiger partial charge is 0.383 e. The number of alkyl halides is 3. The van der Waals surface area contributed by atoms with E-state index in [0.717, 1.165) is 39.4 Å². The van der Waals surface area contributed by atoms with E-state index in [2.05, 4.69) is 30.9 Å². The molecular weight excluding hydrogens is 593 g/mol. The topological polar surface area (TPSA) is 129 Å². The zero-order valence-electron chi connectivity index (χ0n) is 23.7. The summed E-state index contributed by atoms with van der Waals surface area (Å²) in [5.74, 6) is -0.540. The van der Waals surface area contributed by atoms with E-state index in [1.165, 1.54) is 11.3 Å². The van der Waals surface area contributed by atoms with Crippen LogP contribution < -0.4 is 16.0 Å². The number of aliphatic hydroxyl groups is 1. The van der Waals surface area contributed by atoms with Gasteiger partial charge in [-0.2, -0.15) is 13.2 Å². The maximum absolute atomic E-state index is 13.1. The minimum absolute atomic E-state index is 0.0638. The summed E-state index contributed by atoms with van der Waals surface area (Å²) in [5, 5.41) is 20.7. The number of nitrogens with one attached hydrogen (secondary N) is 3.